The summed E-state index contributed by atoms with van der Waals surface area (Å²) >= 11 is 12.0. The quantitative estimate of drug-likeness (QED) is 0.699. The number of ether oxygens (including phenoxy) is 3. The molecule has 2 rings (SSSR count). The highest BCUT2D eigenvalue weighted by Crippen LogP contribution is 2.34. The smallest absolute Gasteiger partial charge is 0.339 e. The summed E-state index contributed by atoms with van der Waals surface area (Å²) in [6, 6.07) is 9.99. The van der Waals surface area contributed by atoms with Crippen LogP contribution in [0.3, 0.4) is 0 Å². The Hall–Kier alpha value is -2.44. The summed E-state index contributed by atoms with van der Waals surface area (Å²) in [5.41, 5.74) is 1.01. The number of methoxy groups -OCH3 is 2. The van der Waals surface area contributed by atoms with Crippen LogP contribution in [0.5, 0.6) is 11.5 Å². The number of benzene rings is 2. The number of esters is 1. The molecular weight excluding hydrogens is 393 g/mol. The molecule has 0 aliphatic heterocycles. The molecule has 0 heterocycles. The maximum absolute atomic E-state index is 12.2. The number of hydrogen-bond acceptors (Lipinski definition) is 5. The average Bonchev–Trinajstić information content (AvgIpc) is 2.66. The average molecular weight is 412 g/mol. The van der Waals surface area contributed by atoms with Crippen LogP contribution in [0.25, 0.3) is 0 Å². The van der Waals surface area contributed by atoms with Crippen molar-refractivity contribution >= 4 is 35.1 Å². The van der Waals surface area contributed by atoms with Gasteiger partial charge in [-0.1, -0.05) is 35.3 Å². The van der Waals surface area contributed by atoms with Crippen LogP contribution in [0, 0.1) is 0 Å². The van der Waals surface area contributed by atoms with E-state index in [1.807, 2.05) is 12.1 Å². The van der Waals surface area contributed by atoms with Gasteiger partial charge in [-0.25, -0.2) is 4.79 Å². The molecule has 6 nitrogen and oxygen atoms in total. The standard InChI is InChI=1S/C19H19Cl2NO5/c1-11(18(23)22-10-12-4-6-14(25-2)7-5-12)27-19(24)13-8-15(20)17(26-3)16(21)9-13/h4-9,11H,10H2,1-3H3,(H,22,23)/t11-/m1/s1. The minimum Gasteiger partial charge on any atom is -0.497 e. The highest BCUT2D eigenvalue weighted by atomic mass is 35.5. The molecule has 0 fully saturated rings. The molecule has 0 aromatic heterocycles. The van der Waals surface area contributed by atoms with Crippen LogP contribution < -0.4 is 14.8 Å². The van der Waals surface area contributed by atoms with Gasteiger partial charge >= 0.3 is 5.97 Å². The Bertz CT molecular complexity index is 800. The number of amides is 1. The van der Waals surface area contributed by atoms with Crippen LogP contribution in [0.1, 0.15) is 22.8 Å². The number of hydrogen-bond donors (Lipinski definition) is 1. The van der Waals surface area contributed by atoms with E-state index in [-0.39, 0.29) is 21.4 Å². The molecule has 0 radical (unpaired) electrons. The third-order valence-corrected chi connectivity index (χ3v) is 4.28. The lowest BCUT2D eigenvalue weighted by Crippen LogP contribution is -2.35. The molecule has 2 aromatic rings. The number of carbonyl (C=O) groups is 2. The van der Waals surface area contributed by atoms with Crippen molar-refractivity contribution in [2.75, 3.05) is 14.2 Å². The zero-order valence-electron chi connectivity index (χ0n) is 15.0. The summed E-state index contributed by atoms with van der Waals surface area (Å²) in [6.07, 6.45) is -0.990. The van der Waals surface area contributed by atoms with E-state index in [0.29, 0.717) is 6.54 Å². The van der Waals surface area contributed by atoms with Crippen molar-refractivity contribution < 1.29 is 23.8 Å². The molecular formula is C19H19Cl2NO5. The van der Waals surface area contributed by atoms with Crippen LogP contribution in [0.15, 0.2) is 36.4 Å². The molecule has 144 valence electrons. The molecule has 1 atom stereocenters. The fraction of sp³-hybridized carbons (Fsp3) is 0.263. The third kappa shape index (κ3) is 5.52. The predicted molar refractivity (Wildman–Crippen MR) is 103 cm³/mol. The summed E-state index contributed by atoms with van der Waals surface area (Å²) in [5, 5.41) is 3.05. The molecule has 0 unspecified atom stereocenters. The Labute approximate surface area is 167 Å². The molecule has 0 aliphatic carbocycles. The van der Waals surface area contributed by atoms with Crippen LogP contribution in [-0.2, 0) is 16.1 Å². The number of carbonyl (C=O) groups excluding carboxylic acids is 2. The van der Waals surface area contributed by atoms with Gasteiger partial charge in [-0.15, -0.1) is 0 Å². The van der Waals surface area contributed by atoms with Gasteiger partial charge < -0.3 is 19.5 Å². The van der Waals surface area contributed by atoms with E-state index in [0.717, 1.165) is 11.3 Å². The first-order valence-electron chi connectivity index (χ1n) is 8.00. The summed E-state index contributed by atoms with van der Waals surface area (Å²) in [4.78, 5) is 24.4. The molecule has 0 saturated carbocycles. The second kappa shape index (κ2) is 9.48. The van der Waals surface area contributed by atoms with E-state index in [2.05, 4.69) is 5.32 Å². The summed E-state index contributed by atoms with van der Waals surface area (Å²) in [5.74, 6) is -0.150. The van der Waals surface area contributed by atoms with Crippen molar-refractivity contribution in [3.05, 3.63) is 57.6 Å². The molecule has 1 N–H and O–H groups in total. The summed E-state index contributed by atoms with van der Waals surface area (Å²) < 4.78 is 15.3. The molecule has 2 aromatic carbocycles. The Morgan fingerprint density at radius 3 is 2.15 bits per heavy atom. The van der Waals surface area contributed by atoms with E-state index < -0.39 is 18.0 Å². The lowest BCUT2D eigenvalue weighted by Gasteiger charge is -2.14. The molecule has 0 aliphatic rings. The van der Waals surface area contributed by atoms with Gasteiger partial charge in [-0.05, 0) is 36.8 Å². The summed E-state index contributed by atoms with van der Waals surface area (Å²) in [6.45, 7) is 1.78. The van der Waals surface area contributed by atoms with Crippen molar-refractivity contribution in [1.82, 2.24) is 5.32 Å². The van der Waals surface area contributed by atoms with Crippen LogP contribution in [0.2, 0.25) is 10.0 Å². The number of nitrogens with one attached hydrogen (secondary N) is 1. The van der Waals surface area contributed by atoms with Crippen molar-refractivity contribution in [2.24, 2.45) is 0 Å². The first-order chi connectivity index (χ1) is 12.8. The second-order valence-electron chi connectivity index (χ2n) is 5.59. The SMILES string of the molecule is COc1ccc(CNC(=O)[C@@H](C)OC(=O)c2cc(Cl)c(OC)c(Cl)c2)cc1. The fourth-order valence-corrected chi connectivity index (χ4v) is 2.87. The Kier molecular flexibility index (Phi) is 7.33. The van der Waals surface area contributed by atoms with Gasteiger partial charge in [-0.3, -0.25) is 4.79 Å². The Balaban J connectivity index is 1.94. The van der Waals surface area contributed by atoms with Gasteiger partial charge in [0.25, 0.3) is 5.91 Å². The van der Waals surface area contributed by atoms with Gasteiger partial charge in [0.05, 0.1) is 29.8 Å². The molecule has 1 amide bonds. The fourth-order valence-electron chi connectivity index (χ4n) is 2.23. The van der Waals surface area contributed by atoms with Gasteiger partial charge in [-0.2, -0.15) is 0 Å². The zero-order valence-corrected chi connectivity index (χ0v) is 16.6. The third-order valence-electron chi connectivity index (χ3n) is 3.72. The molecule has 27 heavy (non-hydrogen) atoms. The van der Waals surface area contributed by atoms with Gasteiger partial charge in [0.2, 0.25) is 0 Å². The van der Waals surface area contributed by atoms with Crippen LogP contribution >= 0.6 is 23.2 Å². The Morgan fingerprint density at radius 1 is 1.04 bits per heavy atom. The lowest BCUT2D eigenvalue weighted by molar-refractivity contribution is -0.129. The van der Waals surface area contributed by atoms with Crippen molar-refractivity contribution in [3.8, 4) is 11.5 Å². The topological polar surface area (TPSA) is 73.9 Å². The van der Waals surface area contributed by atoms with Gasteiger partial charge in [0.1, 0.15) is 5.75 Å². The number of rotatable bonds is 7. The molecule has 0 bridgehead atoms. The van der Waals surface area contributed by atoms with Crippen molar-refractivity contribution in [1.29, 1.82) is 0 Å². The van der Waals surface area contributed by atoms with E-state index in [1.54, 1.807) is 19.2 Å². The number of halogens is 2. The first-order valence-corrected chi connectivity index (χ1v) is 8.76. The highest BCUT2D eigenvalue weighted by Gasteiger charge is 2.20. The van der Waals surface area contributed by atoms with Crippen LogP contribution in [-0.4, -0.2) is 32.2 Å². The van der Waals surface area contributed by atoms with Crippen LogP contribution in [0.4, 0.5) is 0 Å². The molecule has 0 spiro atoms. The normalized spacial score (nSPS) is 11.4. The maximum atomic E-state index is 12.2. The zero-order chi connectivity index (χ0) is 20.0. The first kappa shape index (κ1) is 20.9. The predicted octanol–water partition coefficient (Wildman–Crippen LogP) is 3.87. The van der Waals surface area contributed by atoms with Gasteiger partial charge in [0.15, 0.2) is 11.9 Å². The van der Waals surface area contributed by atoms with E-state index >= 15 is 0 Å². The minimum atomic E-state index is -0.990. The van der Waals surface area contributed by atoms with Crippen molar-refractivity contribution in [2.45, 2.75) is 19.6 Å². The monoisotopic (exact) mass is 411 g/mol. The van der Waals surface area contributed by atoms with Gasteiger partial charge in [0, 0.05) is 6.54 Å². The van der Waals surface area contributed by atoms with E-state index in [9.17, 15) is 9.59 Å². The highest BCUT2D eigenvalue weighted by molar-refractivity contribution is 6.37. The second-order valence-corrected chi connectivity index (χ2v) is 6.40. The molecule has 0 saturated heterocycles. The Morgan fingerprint density at radius 2 is 1.63 bits per heavy atom. The largest absolute Gasteiger partial charge is 0.497 e. The lowest BCUT2D eigenvalue weighted by atomic mass is 10.2. The molecule has 8 heteroatoms. The maximum Gasteiger partial charge on any atom is 0.339 e. The minimum absolute atomic E-state index is 0.126. The van der Waals surface area contributed by atoms with E-state index in [1.165, 1.54) is 26.2 Å². The summed E-state index contributed by atoms with van der Waals surface area (Å²) in [7, 11) is 3.00. The van der Waals surface area contributed by atoms with Crippen molar-refractivity contribution in [3.63, 3.8) is 0 Å². The van der Waals surface area contributed by atoms with E-state index in [4.69, 9.17) is 37.4 Å².